The molecule has 218 valence electrons. The fraction of sp³-hybridized carbons (Fsp3) is 0.519. The number of aromatic nitrogens is 3. The highest BCUT2D eigenvalue weighted by atomic mass is 35.5. The summed E-state index contributed by atoms with van der Waals surface area (Å²) in [4.78, 5) is 13.2. The van der Waals surface area contributed by atoms with E-state index in [0.717, 1.165) is 11.1 Å². The van der Waals surface area contributed by atoms with Gasteiger partial charge >= 0.3 is 6.18 Å². The number of anilines is 1. The summed E-state index contributed by atoms with van der Waals surface area (Å²) in [6, 6.07) is 4.74. The van der Waals surface area contributed by atoms with Crippen molar-refractivity contribution in [2.45, 2.75) is 46.0 Å². The van der Waals surface area contributed by atoms with Crippen LogP contribution in [0.25, 0.3) is 22.6 Å². The van der Waals surface area contributed by atoms with Gasteiger partial charge in [-0.2, -0.15) is 13.2 Å². The molecule has 1 aromatic carbocycles. The summed E-state index contributed by atoms with van der Waals surface area (Å²) in [6.45, 7) is 7.74. The predicted molar refractivity (Wildman–Crippen MR) is 147 cm³/mol. The third kappa shape index (κ3) is 6.85. The molecule has 3 aromatic rings. The maximum Gasteiger partial charge on any atom is 0.401 e. The third-order valence-corrected chi connectivity index (χ3v) is 7.23. The van der Waals surface area contributed by atoms with Crippen molar-refractivity contribution in [1.82, 2.24) is 25.3 Å². The number of hydrogen-bond acceptors (Lipinski definition) is 9. The molecule has 1 aliphatic heterocycles. The molecule has 40 heavy (non-hydrogen) atoms. The highest BCUT2D eigenvalue weighted by Gasteiger charge is 2.36. The highest BCUT2D eigenvalue weighted by molar-refractivity contribution is 6.33. The number of hydrogen-bond donors (Lipinski definition) is 2. The summed E-state index contributed by atoms with van der Waals surface area (Å²) >= 11 is 6.61. The molecule has 4 rings (SSSR count). The summed E-state index contributed by atoms with van der Waals surface area (Å²) < 4.78 is 50.5. The SMILES string of the molecule is CNC[C@@H](O)COc1ccc(Cl)c(-c2nc(-c3c(C)noc3C)c(C)c(N3CCN(CC(F)(F)F)[C@@H](C)C3)n2)c1. The summed E-state index contributed by atoms with van der Waals surface area (Å²) in [5.41, 5.74) is 3.26. The number of nitrogens with zero attached hydrogens (tertiary/aromatic N) is 5. The summed E-state index contributed by atoms with van der Waals surface area (Å²) in [6.07, 6.45) is -4.96. The van der Waals surface area contributed by atoms with Gasteiger partial charge in [-0.05, 0) is 52.9 Å². The maximum absolute atomic E-state index is 13.1. The molecule has 2 aromatic heterocycles. The normalized spacial score (nSPS) is 17.4. The Kier molecular flexibility index (Phi) is 9.23. The number of piperazine rings is 1. The number of rotatable bonds is 9. The van der Waals surface area contributed by atoms with E-state index in [1.165, 1.54) is 4.90 Å². The van der Waals surface area contributed by atoms with Crippen LogP contribution in [-0.2, 0) is 0 Å². The van der Waals surface area contributed by atoms with E-state index < -0.39 is 18.8 Å². The van der Waals surface area contributed by atoms with Gasteiger partial charge < -0.3 is 24.6 Å². The third-order valence-electron chi connectivity index (χ3n) is 6.90. The van der Waals surface area contributed by atoms with Crippen molar-refractivity contribution in [1.29, 1.82) is 0 Å². The molecule has 1 saturated heterocycles. The molecule has 0 aliphatic carbocycles. The van der Waals surface area contributed by atoms with Crippen molar-refractivity contribution in [3.63, 3.8) is 0 Å². The molecule has 1 aliphatic rings. The molecule has 0 bridgehead atoms. The van der Waals surface area contributed by atoms with Crippen molar-refractivity contribution >= 4 is 17.4 Å². The van der Waals surface area contributed by atoms with Gasteiger partial charge in [0.2, 0.25) is 0 Å². The zero-order valence-electron chi connectivity index (χ0n) is 23.1. The van der Waals surface area contributed by atoms with Crippen LogP contribution < -0.4 is 15.0 Å². The molecule has 0 radical (unpaired) electrons. The Morgan fingerprint density at radius 2 is 1.98 bits per heavy atom. The second-order valence-corrected chi connectivity index (χ2v) is 10.5. The first-order valence-corrected chi connectivity index (χ1v) is 13.4. The molecular formula is C27H34ClF3N6O3. The Balaban J connectivity index is 1.76. The summed E-state index contributed by atoms with van der Waals surface area (Å²) in [5.74, 6) is 1.99. The molecule has 9 nitrogen and oxygen atoms in total. The van der Waals surface area contributed by atoms with Crippen LogP contribution >= 0.6 is 11.6 Å². The number of benzene rings is 1. The number of aliphatic hydroxyl groups is 1. The van der Waals surface area contributed by atoms with Gasteiger partial charge in [-0.1, -0.05) is 16.8 Å². The number of aliphatic hydroxyl groups excluding tert-OH is 1. The quantitative estimate of drug-likeness (QED) is 0.380. The average molecular weight is 583 g/mol. The number of aryl methyl sites for hydroxylation is 2. The molecule has 1 fully saturated rings. The fourth-order valence-corrected chi connectivity index (χ4v) is 5.10. The minimum absolute atomic E-state index is 0.0757. The first-order chi connectivity index (χ1) is 18.9. The van der Waals surface area contributed by atoms with E-state index in [0.29, 0.717) is 64.8 Å². The number of halogens is 4. The highest BCUT2D eigenvalue weighted by Crippen LogP contribution is 2.37. The average Bonchev–Trinajstić information content (AvgIpc) is 3.22. The fourth-order valence-electron chi connectivity index (χ4n) is 4.90. The summed E-state index contributed by atoms with van der Waals surface area (Å²) in [7, 11) is 1.74. The Hall–Kier alpha value is -2.93. The largest absolute Gasteiger partial charge is 0.491 e. The molecule has 2 atom stereocenters. The van der Waals surface area contributed by atoms with Gasteiger partial charge in [0.1, 0.15) is 30.0 Å². The maximum atomic E-state index is 13.1. The van der Waals surface area contributed by atoms with E-state index in [1.807, 2.05) is 18.7 Å². The van der Waals surface area contributed by atoms with E-state index in [2.05, 4.69) is 10.5 Å². The Morgan fingerprint density at radius 3 is 2.60 bits per heavy atom. The van der Waals surface area contributed by atoms with Crippen molar-refractivity contribution in [3.8, 4) is 28.4 Å². The lowest BCUT2D eigenvalue weighted by molar-refractivity contribution is -0.150. The van der Waals surface area contributed by atoms with Crippen LogP contribution in [0.2, 0.25) is 5.02 Å². The van der Waals surface area contributed by atoms with Gasteiger partial charge in [0.25, 0.3) is 0 Å². The Bertz CT molecular complexity index is 1320. The zero-order chi connectivity index (χ0) is 29.2. The molecule has 2 N–H and O–H groups in total. The summed E-state index contributed by atoms with van der Waals surface area (Å²) in [5, 5.41) is 17.4. The van der Waals surface area contributed by atoms with Crippen LogP contribution in [0.5, 0.6) is 5.75 Å². The Morgan fingerprint density at radius 1 is 1.23 bits per heavy atom. The van der Waals surface area contributed by atoms with E-state index in [-0.39, 0.29) is 19.2 Å². The smallest absolute Gasteiger partial charge is 0.401 e. The first-order valence-electron chi connectivity index (χ1n) is 13.0. The van der Waals surface area contributed by atoms with Gasteiger partial charge in [-0.25, -0.2) is 9.97 Å². The van der Waals surface area contributed by atoms with Crippen molar-refractivity contribution in [2.24, 2.45) is 0 Å². The predicted octanol–water partition coefficient (Wildman–Crippen LogP) is 4.41. The number of nitrogens with one attached hydrogen (secondary N) is 1. The van der Waals surface area contributed by atoms with Crippen LogP contribution in [0.4, 0.5) is 19.0 Å². The van der Waals surface area contributed by atoms with Crippen LogP contribution in [0.3, 0.4) is 0 Å². The molecule has 3 heterocycles. The molecule has 0 unspecified atom stereocenters. The second-order valence-electron chi connectivity index (χ2n) is 10.1. The lowest BCUT2D eigenvalue weighted by atomic mass is 10.0. The molecule has 0 amide bonds. The lowest BCUT2D eigenvalue weighted by Gasteiger charge is -2.41. The van der Waals surface area contributed by atoms with Crippen molar-refractivity contribution < 1.29 is 27.5 Å². The zero-order valence-corrected chi connectivity index (χ0v) is 23.9. The molecular weight excluding hydrogens is 549 g/mol. The topological polar surface area (TPSA) is 99.8 Å². The van der Waals surface area contributed by atoms with E-state index in [1.54, 1.807) is 39.1 Å². The van der Waals surface area contributed by atoms with E-state index >= 15 is 0 Å². The second kappa shape index (κ2) is 12.3. The van der Waals surface area contributed by atoms with Gasteiger partial charge in [0.05, 0.1) is 28.5 Å². The van der Waals surface area contributed by atoms with Gasteiger partial charge in [0, 0.05) is 43.3 Å². The molecule has 0 saturated carbocycles. The standard InChI is InChI=1S/C27H34ClF3N6O3/c1-15-12-36(8-9-37(15)14-27(29,30)31)26-16(2)24(23-17(3)35-40-18(23)4)33-25(34-26)21-10-20(6-7-22(21)28)39-13-19(38)11-32-5/h6-7,10,15,19,32,38H,8-9,11-14H2,1-5H3/t15-,19+/m0/s1. The minimum atomic E-state index is -4.27. The Labute approximate surface area is 236 Å². The number of alkyl halides is 3. The van der Waals surface area contributed by atoms with Crippen molar-refractivity contribution in [3.05, 3.63) is 40.2 Å². The number of ether oxygens (including phenoxy) is 1. The lowest BCUT2D eigenvalue weighted by Crippen LogP contribution is -2.54. The first kappa shape index (κ1) is 30.0. The molecule has 0 spiro atoms. The van der Waals surface area contributed by atoms with Crippen LogP contribution in [0.15, 0.2) is 22.7 Å². The van der Waals surface area contributed by atoms with E-state index in [9.17, 15) is 18.3 Å². The van der Waals surface area contributed by atoms with E-state index in [4.69, 9.17) is 30.8 Å². The monoisotopic (exact) mass is 582 g/mol. The van der Waals surface area contributed by atoms with Crippen LogP contribution in [0, 0.1) is 20.8 Å². The number of likely N-dealkylation sites (N-methyl/N-ethyl adjacent to an activating group) is 1. The van der Waals surface area contributed by atoms with Gasteiger partial charge in [-0.3, -0.25) is 4.90 Å². The minimum Gasteiger partial charge on any atom is -0.491 e. The van der Waals surface area contributed by atoms with Crippen LogP contribution in [-0.4, -0.2) is 89.8 Å². The van der Waals surface area contributed by atoms with Gasteiger partial charge in [0.15, 0.2) is 5.82 Å². The van der Waals surface area contributed by atoms with Gasteiger partial charge in [-0.15, -0.1) is 0 Å². The van der Waals surface area contributed by atoms with Crippen molar-refractivity contribution in [2.75, 3.05) is 51.3 Å². The van der Waals surface area contributed by atoms with Crippen LogP contribution in [0.1, 0.15) is 23.9 Å². The molecule has 13 heteroatoms.